The number of nitrogen functional groups attached to an aromatic ring is 1. The number of thiazole rings is 1. The number of aryl methyl sites for hydroxylation is 1. The van der Waals surface area contributed by atoms with Crippen LogP contribution in [-0.2, 0) is 0 Å². The number of nitrogens with zero attached hydrogens (tertiary/aromatic N) is 2. The fourth-order valence-electron chi connectivity index (χ4n) is 1.88. The zero-order valence-electron chi connectivity index (χ0n) is 10.1. The van der Waals surface area contributed by atoms with E-state index in [1.807, 2.05) is 31.2 Å². The Morgan fingerprint density at radius 3 is 2.89 bits per heavy atom. The predicted octanol–water partition coefficient (Wildman–Crippen LogP) is 3.74. The second kappa shape index (κ2) is 4.68. The van der Waals surface area contributed by atoms with Crippen molar-refractivity contribution in [2.75, 3.05) is 5.73 Å². The van der Waals surface area contributed by atoms with Gasteiger partial charge < -0.3 is 5.73 Å². The number of nitrogens with one attached hydrogen (secondary N) is 1. The standard InChI is InChI=1S/C13H11ClN4S/c1-7-11(8-3-2-4-9(14)5-8)17-13(19-7)10-6-16-18-12(10)15/h2-6H,1H3,(H3,15,16,18). The summed E-state index contributed by atoms with van der Waals surface area (Å²) in [6.07, 6.45) is 1.69. The van der Waals surface area contributed by atoms with Crippen molar-refractivity contribution in [2.45, 2.75) is 6.92 Å². The van der Waals surface area contributed by atoms with Crippen molar-refractivity contribution in [3.63, 3.8) is 0 Å². The van der Waals surface area contributed by atoms with Crippen molar-refractivity contribution in [1.82, 2.24) is 15.2 Å². The van der Waals surface area contributed by atoms with E-state index in [-0.39, 0.29) is 0 Å². The molecule has 1 aromatic carbocycles. The van der Waals surface area contributed by atoms with Crippen molar-refractivity contribution in [3.05, 3.63) is 40.4 Å². The number of anilines is 1. The molecular weight excluding hydrogens is 280 g/mol. The molecule has 4 nitrogen and oxygen atoms in total. The van der Waals surface area contributed by atoms with Crippen molar-refractivity contribution in [1.29, 1.82) is 0 Å². The quantitative estimate of drug-likeness (QED) is 0.755. The van der Waals surface area contributed by atoms with E-state index in [1.165, 1.54) is 0 Å². The van der Waals surface area contributed by atoms with Gasteiger partial charge >= 0.3 is 0 Å². The molecule has 3 rings (SSSR count). The van der Waals surface area contributed by atoms with Gasteiger partial charge in [0.1, 0.15) is 10.8 Å². The first kappa shape index (κ1) is 12.2. The molecule has 0 radical (unpaired) electrons. The molecule has 0 fully saturated rings. The molecule has 19 heavy (non-hydrogen) atoms. The van der Waals surface area contributed by atoms with Crippen LogP contribution in [-0.4, -0.2) is 15.2 Å². The Morgan fingerprint density at radius 2 is 2.21 bits per heavy atom. The van der Waals surface area contributed by atoms with Gasteiger partial charge in [-0.05, 0) is 19.1 Å². The molecule has 0 spiro atoms. The van der Waals surface area contributed by atoms with Crippen LogP contribution in [0.25, 0.3) is 21.8 Å². The minimum absolute atomic E-state index is 0.534. The van der Waals surface area contributed by atoms with Crippen LogP contribution in [0.5, 0.6) is 0 Å². The zero-order valence-corrected chi connectivity index (χ0v) is 11.7. The Balaban J connectivity index is 2.10. The van der Waals surface area contributed by atoms with E-state index in [0.29, 0.717) is 10.8 Å². The Bertz CT molecular complexity index is 732. The highest BCUT2D eigenvalue weighted by Gasteiger charge is 2.14. The molecule has 0 atom stereocenters. The highest BCUT2D eigenvalue weighted by molar-refractivity contribution is 7.15. The third kappa shape index (κ3) is 2.22. The van der Waals surface area contributed by atoms with Crippen LogP contribution in [0.1, 0.15) is 4.88 Å². The van der Waals surface area contributed by atoms with Gasteiger partial charge in [0, 0.05) is 15.5 Å². The minimum Gasteiger partial charge on any atom is -0.383 e. The largest absolute Gasteiger partial charge is 0.383 e. The maximum absolute atomic E-state index is 6.02. The van der Waals surface area contributed by atoms with Crippen LogP contribution < -0.4 is 5.73 Å². The van der Waals surface area contributed by atoms with E-state index in [0.717, 1.165) is 26.7 Å². The number of hydrogen-bond acceptors (Lipinski definition) is 4. The molecule has 0 aliphatic carbocycles. The van der Waals surface area contributed by atoms with Crippen molar-refractivity contribution >= 4 is 28.8 Å². The van der Waals surface area contributed by atoms with E-state index in [2.05, 4.69) is 15.2 Å². The SMILES string of the molecule is Cc1sc(-c2cn[nH]c2N)nc1-c1cccc(Cl)c1. The monoisotopic (exact) mass is 290 g/mol. The summed E-state index contributed by atoms with van der Waals surface area (Å²) in [5.74, 6) is 0.534. The Labute approximate surface area is 119 Å². The summed E-state index contributed by atoms with van der Waals surface area (Å²) in [5.41, 5.74) is 8.60. The molecule has 96 valence electrons. The third-order valence-electron chi connectivity index (χ3n) is 2.79. The van der Waals surface area contributed by atoms with Crippen LogP contribution in [0.15, 0.2) is 30.5 Å². The van der Waals surface area contributed by atoms with Gasteiger partial charge in [-0.1, -0.05) is 23.7 Å². The second-order valence-electron chi connectivity index (χ2n) is 4.13. The van der Waals surface area contributed by atoms with Crippen LogP contribution in [0.4, 0.5) is 5.82 Å². The Hall–Kier alpha value is -1.85. The fraction of sp³-hybridized carbons (Fsp3) is 0.0769. The number of aromatic amines is 1. The zero-order chi connectivity index (χ0) is 13.4. The highest BCUT2D eigenvalue weighted by atomic mass is 35.5. The molecule has 0 bridgehead atoms. The summed E-state index contributed by atoms with van der Waals surface area (Å²) in [7, 11) is 0. The number of H-pyrrole nitrogens is 1. The number of rotatable bonds is 2. The first-order chi connectivity index (χ1) is 9.15. The molecule has 3 N–H and O–H groups in total. The molecule has 0 saturated heterocycles. The molecule has 0 amide bonds. The third-order valence-corrected chi connectivity index (χ3v) is 4.03. The average Bonchev–Trinajstić information content (AvgIpc) is 2.95. The predicted molar refractivity (Wildman–Crippen MR) is 79.3 cm³/mol. The lowest BCUT2D eigenvalue weighted by atomic mass is 10.1. The minimum atomic E-state index is 0.534. The molecule has 2 heterocycles. The van der Waals surface area contributed by atoms with Crippen LogP contribution in [0.2, 0.25) is 5.02 Å². The second-order valence-corrected chi connectivity index (χ2v) is 5.77. The fourth-order valence-corrected chi connectivity index (χ4v) is 3.03. The van der Waals surface area contributed by atoms with Crippen LogP contribution in [0.3, 0.4) is 0 Å². The number of halogens is 1. The first-order valence-electron chi connectivity index (χ1n) is 5.67. The van der Waals surface area contributed by atoms with Gasteiger partial charge in [-0.2, -0.15) is 5.10 Å². The molecular formula is C13H11ClN4S. The lowest BCUT2D eigenvalue weighted by molar-refractivity contribution is 1.10. The number of aromatic nitrogens is 3. The highest BCUT2D eigenvalue weighted by Crippen LogP contribution is 2.35. The van der Waals surface area contributed by atoms with Crippen LogP contribution in [0, 0.1) is 6.92 Å². The molecule has 0 aliphatic rings. The van der Waals surface area contributed by atoms with Crippen molar-refractivity contribution in [3.8, 4) is 21.8 Å². The van der Waals surface area contributed by atoms with E-state index in [9.17, 15) is 0 Å². The van der Waals surface area contributed by atoms with E-state index in [1.54, 1.807) is 17.5 Å². The first-order valence-corrected chi connectivity index (χ1v) is 6.87. The van der Waals surface area contributed by atoms with Gasteiger partial charge in [0.15, 0.2) is 0 Å². The van der Waals surface area contributed by atoms with Gasteiger partial charge in [0.05, 0.1) is 17.5 Å². The molecule has 0 saturated carbocycles. The van der Waals surface area contributed by atoms with Gasteiger partial charge in [-0.15, -0.1) is 11.3 Å². The molecule has 0 aliphatic heterocycles. The number of benzene rings is 1. The average molecular weight is 291 g/mol. The number of hydrogen-bond donors (Lipinski definition) is 2. The number of nitrogens with two attached hydrogens (primary N) is 1. The maximum atomic E-state index is 6.02. The van der Waals surface area contributed by atoms with Crippen molar-refractivity contribution < 1.29 is 0 Å². The van der Waals surface area contributed by atoms with Gasteiger partial charge in [-0.3, -0.25) is 5.10 Å². The topological polar surface area (TPSA) is 67.6 Å². The molecule has 6 heteroatoms. The maximum Gasteiger partial charge on any atom is 0.129 e. The summed E-state index contributed by atoms with van der Waals surface area (Å²) < 4.78 is 0. The summed E-state index contributed by atoms with van der Waals surface area (Å²) in [6.45, 7) is 2.04. The Kier molecular flexibility index (Phi) is 3.00. The summed E-state index contributed by atoms with van der Waals surface area (Å²) >= 11 is 7.61. The smallest absolute Gasteiger partial charge is 0.129 e. The molecule has 3 aromatic rings. The van der Waals surface area contributed by atoms with E-state index in [4.69, 9.17) is 17.3 Å². The summed E-state index contributed by atoms with van der Waals surface area (Å²) in [6, 6.07) is 7.67. The van der Waals surface area contributed by atoms with Gasteiger partial charge in [0.2, 0.25) is 0 Å². The summed E-state index contributed by atoms with van der Waals surface area (Å²) in [4.78, 5) is 5.77. The lowest BCUT2D eigenvalue weighted by Crippen LogP contribution is -1.87. The van der Waals surface area contributed by atoms with Crippen molar-refractivity contribution in [2.24, 2.45) is 0 Å². The summed E-state index contributed by atoms with van der Waals surface area (Å²) in [5, 5.41) is 8.20. The molecule has 2 aromatic heterocycles. The normalized spacial score (nSPS) is 10.8. The Morgan fingerprint density at radius 1 is 1.37 bits per heavy atom. The van der Waals surface area contributed by atoms with E-state index < -0.39 is 0 Å². The van der Waals surface area contributed by atoms with Gasteiger partial charge in [0.25, 0.3) is 0 Å². The lowest BCUT2D eigenvalue weighted by Gasteiger charge is -1.98. The van der Waals surface area contributed by atoms with Gasteiger partial charge in [-0.25, -0.2) is 4.98 Å². The van der Waals surface area contributed by atoms with E-state index >= 15 is 0 Å². The molecule has 0 unspecified atom stereocenters. The van der Waals surface area contributed by atoms with Crippen LogP contribution >= 0.6 is 22.9 Å².